The number of hydrogen-bond acceptors (Lipinski definition) is 3. The lowest BCUT2D eigenvalue weighted by atomic mass is 9.79. The summed E-state index contributed by atoms with van der Waals surface area (Å²) >= 11 is 3.57. The summed E-state index contributed by atoms with van der Waals surface area (Å²) in [6.07, 6.45) is 2.77. The molecule has 1 aromatic heterocycles. The summed E-state index contributed by atoms with van der Waals surface area (Å²) in [4.78, 5) is 28.6. The first-order valence-corrected chi connectivity index (χ1v) is 10.1. The van der Waals surface area contributed by atoms with Gasteiger partial charge in [0.15, 0.2) is 0 Å². The van der Waals surface area contributed by atoms with Gasteiger partial charge in [0.1, 0.15) is 0 Å². The summed E-state index contributed by atoms with van der Waals surface area (Å²) in [5, 5.41) is 7.74. The Morgan fingerprint density at radius 1 is 1.46 bits per heavy atom. The van der Waals surface area contributed by atoms with Crippen LogP contribution in [0, 0.1) is 5.92 Å². The molecule has 2 aromatic rings. The van der Waals surface area contributed by atoms with Gasteiger partial charge in [0.25, 0.3) is 6.47 Å². The van der Waals surface area contributed by atoms with E-state index in [0.717, 1.165) is 27.5 Å². The summed E-state index contributed by atoms with van der Waals surface area (Å²) in [7, 11) is 2.02. The van der Waals surface area contributed by atoms with Crippen LogP contribution in [0.15, 0.2) is 28.8 Å². The highest BCUT2D eigenvalue weighted by atomic mass is 79.9. The van der Waals surface area contributed by atoms with Gasteiger partial charge in [-0.25, -0.2) is 0 Å². The van der Waals surface area contributed by atoms with Gasteiger partial charge in [0.2, 0.25) is 5.91 Å². The van der Waals surface area contributed by atoms with E-state index >= 15 is 0 Å². The molecule has 1 aliphatic carbocycles. The average Bonchev–Trinajstić information content (AvgIpc) is 3.07. The number of amides is 1. The van der Waals surface area contributed by atoms with E-state index in [0.29, 0.717) is 30.7 Å². The fourth-order valence-electron chi connectivity index (χ4n) is 4.19. The number of nitrogens with zero attached hydrogens (tertiary/aromatic N) is 2. The van der Waals surface area contributed by atoms with Crippen LogP contribution in [0.25, 0.3) is 16.5 Å². The highest BCUT2D eigenvalue weighted by Gasteiger charge is 2.37. The maximum atomic E-state index is 13.0. The Bertz CT molecular complexity index is 1070. The predicted octanol–water partition coefficient (Wildman–Crippen LogP) is 3.37. The van der Waals surface area contributed by atoms with E-state index in [4.69, 9.17) is 14.0 Å². The normalized spacial score (nSPS) is 22.1. The molecule has 6 nitrogen and oxygen atoms in total. The molecule has 0 unspecified atom stereocenters. The van der Waals surface area contributed by atoms with Crippen molar-refractivity contribution < 1.29 is 18.8 Å². The van der Waals surface area contributed by atoms with Crippen molar-refractivity contribution in [2.45, 2.75) is 26.3 Å². The molecule has 1 amide bonds. The van der Waals surface area contributed by atoms with Gasteiger partial charge in [0, 0.05) is 36.6 Å². The maximum absolute atomic E-state index is 13.0. The van der Waals surface area contributed by atoms with Crippen molar-refractivity contribution in [2.75, 3.05) is 26.7 Å². The molecule has 2 aliphatic rings. The largest absolute Gasteiger partial charge is 0.483 e. The second-order valence-electron chi connectivity index (χ2n) is 6.92. The third-order valence-corrected chi connectivity index (χ3v) is 6.19. The number of hydrogen-bond donors (Lipinski definition) is 2. The molecule has 1 aromatic carbocycles. The number of H-pyrrole nitrogens is 1. The molecule has 150 valence electrons. The van der Waals surface area contributed by atoms with E-state index in [1.165, 1.54) is 0 Å². The molecule has 2 heterocycles. The van der Waals surface area contributed by atoms with Gasteiger partial charge in [-0.15, -0.1) is 0 Å². The third-order valence-electron chi connectivity index (χ3n) is 5.51. The Hall–Kier alpha value is -2.12. The number of carboxylic acid groups (broad SMARTS) is 1. The molecule has 0 fully saturated rings. The van der Waals surface area contributed by atoms with Crippen molar-refractivity contribution in [1.82, 2.24) is 14.8 Å². The van der Waals surface area contributed by atoms with Gasteiger partial charge in [0.05, 0.1) is 14.6 Å². The smallest absolute Gasteiger partial charge is 0.290 e. The van der Waals surface area contributed by atoms with E-state index in [9.17, 15) is 4.79 Å². The Morgan fingerprint density at radius 3 is 2.79 bits per heavy atom. The van der Waals surface area contributed by atoms with Crippen LogP contribution in [-0.2, 0) is 16.0 Å². The fraction of sp³-hybridized carbons (Fsp3) is 0.429. The van der Waals surface area contributed by atoms with Crippen molar-refractivity contribution >= 4 is 44.8 Å². The lowest BCUT2D eigenvalue weighted by Crippen LogP contribution is -2.47. The van der Waals surface area contributed by atoms with E-state index in [1.54, 1.807) is 0 Å². The minimum Gasteiger partial charge on any atom is -0.483 e. The number of fused-ring (bicyclic) bond motifs is 2. The Labute approximate surface area is 177 Å². The fourth-order valence-corrected chi connectivity index (χ4v) is 4.75. The number of benzene rings is 1. The number of halogens is 1. The molecule has 7 heteroatoms. The summed E-state index contributed by atoms with van der Waals surface area (Å²) < 4.78 is 25.9. The van der Waals surface area contributed by atoms with Gasteiger partial charge < -0.3 is 15.0 Å². The summed E-state index contributed by atoms with van der Waals surface area (Å²) in [6, 6.07) is 0.105. The zero-order chi connectivity index (χ0) is 23.0. The average molecular weight is 451 g/mol. The molecule has 0 spiro atoms. The second kappa shape index (κ2) is 8.49. The van der Waals surface area contributed by atoms with Crippen LogP contribution in [-0.4, -0.2) is 65.0 Å². The van der Waals surface area contributed by atoms with E-state index in [2.05, 4.69) is 25.8 Å². The van der Waals surface area contributed by atoms with Crippen molar-refractivity contribution in [1.29, 1.82) is 0 Å². The molecule has 4 rings (SSSR count). The Kier molecular flexibility index (Phi) is 5.09. The van der Waals surface area contributed by atoms with Crippen molar-refractivity contribution in [3.05, 3.63) is 39.9 Å². The van der Waals surface area contributed by atoms with Crippen LogP contribution < -0.4 is 0 Å². The number of rotatable bonds is 3. The number of aromatic nitrogens is 1. The monoisotopic (exact) mass is 450 g/mol. The van der Waals surface area contributed by atoms with E-state index < -0.39 is 0 Å². The SMILES string of the molecule is O=CO.[2H]c1c([2H])c2c3c(c(Br)[nH]c3c1[2H])C[C@@H]1C2=C[C@@H](C(=O)N(CC)CC)CN1C. The quantitative estimate of drug-likeness (QED) is 0.702. The number of nitrogens with one attached hydrogen (secondary N) is 1. The standard InChI is InChI=1S/C20H24BrN3O.CH2O2/c1-4-24(5-2)20(25)12-9-14-13-7-6-8-16-18(13)15(19(21)22-16)10-17(14)23(3)11-12;2-1-3/h6-9,12,17,22H,4-5,10-11H2,1-3H3;1H,(H,2,3)/t12-,17-;/m1./s1/i6D,7D,8D;. The van der Waals surface area contributed by atoms with E-state index in [-0.39, 0.29) is 42.5 Å². The topological polar surface area (TPSA) is 76.6 Å². The van der Waals surface area contributed by atoms with Crippen molar-refractivity contribution in [3.8, 4) is 0 Å². The lowest BCUT2D eigenvalue weighted by Gasteiger charge is -2.40. The molecule has 2 N–H and O–H groups in total. The molecule has 0 bridgehead atoms. The second-order valence-corrected chi connectivity index (χ2v) is 7.71. The first-order valence-electron chi connectivity index (χ1n) is 10.8. The maximum Gasteiger partial charge on any atom is 0.290 e. The van der Waals surface area contributed by atoms with Crippen LogP contribution >= 0.6 is 15.9 Å². The van der Waals surface area contributed by atoms with Crippen molar-refractivity contribution in [3.63, 3.8) is 0 Å². The summed E-state index contributed by atoms with van der Waals surface area (Å²) in [5.74, 6) is -0.158. The van der Waals surface area contributed by atoms with Crippen LogP contribution in [0.1, 0.15) is 29.1 Å². The van der Waals surface area contributed by atoms with Crippen LogP contribution in [0.3, 0.4) is 0 Å². The molecule has 0 saturated carbocycles. The number of carbonyl (C=O) groups is 2. The molecule has 0 saturated heterocycles. The molecule has 1 aliphatic heterocycles. The minimum atomic E-state index is -0.264. The van der Waals surface area contributed by atoms with Crippen LogP contribution in [0.4, 0.5) is 0 Å². The van der Waals surface area contributed by atoms with Gasteiger partial charge >= 0.3 is 0 Å². The van der Waals surface area contributed by atoms with Crippen molar-refractivity contribution in [2.24, 2.45) is 5.92 Å². The van der Waals surface area contributed by atoms with Gasteiger partial charge in [-0.3, -0.25) is 14.5 Å². The zero-order valence-electron chi connectivity index (χ0n) is 19.2. The van der Waals surface area contributed by atoms with Crippen LogP contribution in [0.2, 0.25) is 0 Å². The summed E-state index contributed by atoms with van der Waals surface area (Å²) in [6.45, 7) is 5.71. The van der Waals surface area contributed by atoms with Gasteiger partial charge in [-0.1, -0.05) is 18.2 Å². The molecular formula is C21H26BrN3O3. The Balaban J connectivity index is 0.000000858. The first kappa shape index (κ1) is 16.8. The highest BCUT2D eigenvalue weighted by Crippen LogP contribution is 2.43. The minimum absolute atomic E-state index is 0.0506. The van der Waals surface area contributed by atoms with Crippen LogP contribution in [0.5, 0.6) is 0 Å². The Morgan fingerprint density at radius 2 is 2.14 bits per heavy atom. The molecular weight excluding hydrogens is 422 g/mol. The number of carbonyl (C=O) groups excluding carboxylic acids is 1. The predicted molar refractivity (Wildman–Crippen MR) is 114 cm³/mol. The number of aromatic amines is 1. The summed E-state index contributed by atoms with van der Waals surface area (Å²) in [5.41, 5.74) is 3.29. The lowest BCUT2D eigenvalue weighted by molar-refractivity contribution is -0.134. The molecule has 28 heavy (non-hydrogen) atoms. The third kappa shape index (κ3) is 3.49. The highest BCUT2D eigenvalue weighted by molar-refractivity contribution is 9.10. The molecule has 0 radical (unpaired) electrons. The zero-order valence-corrected chi connectivity index (χ0v) is 17.8. The van der Waals surface area contributed by atoms with Gasteiger partial charge in [-0.2, -0.15) is 0 Å². The van der Waals surface area contributed by atoms with E-state index in [1.807, 2.05) is 31.9 Å². The first-order chi connectivity index (χ1) is 14.7. The molecule has 2 atom stereocenters. The number of likely N-dealkylation sites (N-methyl/N-ethyl adjacent to an activating group) is 1. The van der Waals surface area contributed by atoms with Gasteiger partial charge in [-0.05, 0) is 66.0 Å².